The molecule has 0 aliphatic carbocycles. The van der Waals surface area contributed by atoms with Gasteiger partial charge in [-0.1, -0.05) is 0 Å². The minimum Gasteiger partial charge on any atom is -0.457 e. The number of carbonyl (C=O) groups is 1. The van der Waals surface area contributed by atoms with Crippen molar-refractivity contribution in [3.05, 3.63) is 71.5 Å². The fourth-order valence-electron chi connectivity index (χ4n) is 2.51. The van der Waals surface area contributed by atoms with E-state index in [-0.39, 0.29) is 23.0 Å². The zero-order valence-electron chi connectivity index (χ0n) is 15.3. The third-order valence-electron chi connectivity index (χ3n) is 4.04. The number of benzene rings is 2. The topological polar surface area (TPSA) is 119 Å². The van der Waals surface area contributed by atoms with Crippen LogP contribution in [0.4, 0.5) is 13.2 Å². The Hall–Kier alpha value is -3.50. The van der Waals surface area contributed by atoms with E-state index in [1.165, 1.54) is 30.3 Å². The smallest absolute Gasteiger partial charge is 0.416 e. The fourth-order valence-corrected chi connectivity index (χ4v) is 2.51. The SMILES string of the molecule is NC(=O)c1cc([C@H](O)CO)nc(-c2ccc(Oc3ccc(C(F)(F)F)cc3)cc2)n1. The summed E-state index contributed by atoms with van der Waals surface area (Å²) in [5.41, 5.74) is 4.83. The van der Waals surface area contributed by atoms with E-state index >= 15 is 0 Å². The normalized spacial score (nSPS) is 12.4. The zero-order valence-corrected chi connectivity index (χ0v) is 15.3. The molecule has 0 aliphatic rings. The molecule has 0 radical (unpaired) electrons. The fraction of sp³-hybridized carbons (Fsp3) is 0.150. The highest BCUT2D eigenvalue weighted by molar-refractivity contribution is 5.91. The highest BCUT2D eigenvalue weighted by Crippen LogP contribution is 2.31. The molecule has 0 unspecified atom stereocenters. The van der Waals surface area contributed by atoms with Crippen molar-refractivity contribution >= 4 is 5.91 Å². The summed E-state index contributed by atoms with van der Waals surface area (Å²) in [6.45, 7) is -0.603. The van der Waals surface area contributed by atoms with Crippen LogP contribution in [0.15, 0.2) is 54.6 Å². The van der Waals surface area contributed by atoms with E-state index < -0.39 is 30.4 Å². The maximum atomic E-state index is 12.6. The van der Waals surface area contributed by atoms with Gasteiger partial charge in [-0.3, -0.25) is 4.79 Å². The van der Waals surface area contributed by atoms with Crippen LogP contribution in [-0.2, 0) is 6.18 Å². The molecule has 0 spiro atoms. The van der Waals surface area contributed by atoms with E-state index in [1.54, 1.807) is 12.1 Å². The van der Waals surface area contributed by atoms with Crippen LogP contribution in [-0.4, -0.2) is 32.7 Å². The predicted octanol–water partition coefficient (Wildman–Crippen LogP) is 3.08. The second-order valence-corrected chi connectivity index (χ2v) is 6.21. The molecular weight excluding hydrogens is 403 g/mol. The van der Waals surface area contributed by atoms with Gasteiger partial charge < -0.3 is 20.7 Å². The van der Waals surface area contributed by atoms with E-state index in [2.05, 4.69) is 9.97 Å². The molecular formula is C20H16F3N3O4. The first-order valence-corrected chi connectivity index (χ1v) is 8.60. The number of aliphatic hydroxyl groups is 2. The van der Waals surface area contributed by atoms with E-state index in [4.69, 9.17) is 15.6 Å². The summed E-state index contributed by atoms with van der Waals surface area (Å²) in [6, 6.07) is 11.6. The molecule has 0 bridgehead atoms. The van der Waals surface area contributed by atoms with Gasteiger partial charge in [0.1, 0.15) is 23.3 Å². The molecule has 156 valence electrons. The minimum atomic E-state index is -4.43. The molecule has 30 heavy (non-hydrogen) atoms. The van der Waals surface area contributed by atoms with Gasteiger partial charge >= 0.3 is 6.18 Å². The monoisotopic (exact) mass is 419 g/mol. The van der Waals surface area contributed by atoms with Crippen LogP contribution in [0.3, 0.4) is 0 Å². The molecule has 3 rings (SSSR count). The minimum absolute atomic E-state index is 0.0291. The van der Waals surface area contributed by atoms with Crippen LogP contribution in [0.2, 0.25) is 0 Å². The molecule has 1 aromatic heterocycles. The number of aliphatic hydroxyl groups excluding tert-OH is 2. The van der Waals surface area contributed by atoms with Gasteiger partial charge in [-0.2, -0.15) is 13.2 Å². The Balaban J connectivity index is 1.83. The highest BCUT2D eigenvalue weighted by Gasteiger charge is 2.30. The largest absolute Gasteiger partial charge is 0.457 e. The van der Waals surface area contributed by atoms with Crippen LogP contribution in [0.5, 0.6) is 11.5 Å². The predicted molar refractivity (Wildman–Crippen MR) is 99.5 cm³/mol. The van der Waals surface area contributed by atoms with Gasteiger partial charge in [0.05, 0.1) is 17.9 Å². The molecule has 3 aromatic rings. The molecule has 0 fully saturated rings. The summed E-state index contributed by atoms with van der Waals surface area (Å²) in [5, 5.41) is 18.9. The summed E-state index contributed by atoms with van der Waals surface area (Å²) in [5.74, 6) is -0.168. The molecule has 7 nitrogen and oxygen atoms in total. The number of hydrogen-bond donors (Lipinski definition) is 3. The Bertz CT molecular complexity index is 1040. The number of nitrogens with zero attached hydrogens (tertiary/aromatic N) is 2. The molecule has 0 saturated carbocycles. The van der Waals surface area contributed by atoms with Crippen molar-refractivity contribution in [2.75, 3.05) is 6.61 Å². The van der Waals surface area contributed by atoms with Crippen molar-refractivity contribution in [1.82, 2.24) is 9.97 Å². The average Bonchev–Trinajstić information content (AvgIpc) is 2.73. The number of aromatic nitrogens is 2. The van der Waals surface area contributed by atoms with Crippen LogP contribution in [0.1, 0.15) is 27.8 Å². The number of ether oxygens (including phenoxy) is 1. The van der Waals surface area contributed by atoms with Crippen molar-refractivity contribution in [3.63, 3.8) is 0 Å². The maximum absolute atomic E-state index is 12.6. The van der Waals surface area contributed by atoms with E-state index in [9.17, 15) is 23.1 Å². The van der Waals surface area contributed by atoms with Gasteiger partial charge in [-0.15, -0.1) is 0 Å². The second-order valence-electron chi connectivity index (χ2n) is 6.21. The number of rotatable bonds is 6. The summed E-state index contributed by atoms with van der Waals surface area (Å²) in [7, 11) is 0. The van der Waals surface area contributed by atoms with Gasteiger partial charge in [-0.05, 0) is 54.6 Å². The van der Waals surface area contributed by atoms with Crippen LogP contribution >= 0.6 is 0 Å². The Morgan fingerprint density at radius 1 is 1.03 bits per heavy atom. The third-order valence-corrected chi connectivity index (χ3v) is 4.04. The zero-order chi connectivity index (χ0) is 21.9. The van der Waals surface area contributed by atoms with E-state index in [0.29, 0.717) is 11.3 Å². The average molecular weight is 419 g/mol. The molecule has 1 heterocycles. The number of primary amides is 1. The number of halogens is 3. The Morgan fingerprint density at radius 2 is 1.60 bits per heavy atom. The van der Waals surface area contributed by atoms with Crippen molar-refractivity contribution in [2.45, 2.75) is 12.3 Å². The first-order valence-electron chi connectivity index (χ1n) is 8.60. The van der Waals surface area contributed by atoms with Crippen LogP contribution < -0.4 is 10.5 Å². The van der Waals surface area contributed by atoms with Gasteiger partial charge in [0.25, 0.3) is 5.91 Å². The molecule has 4 N–H and O–H groups in total. The lowest BCUT2D eigenvalue weighted by Gasteiger charge is -2.11. The molecule has 0 saturated heterocycles. The van der Waals surface area contributed by atoms with Gasteiger partial charge in [0, 0.05) is 5.56 Å². The van der Waals surface area contributed by atoms with Crippen molar-refractivity contribution in [3.8, 4) is 22.9 Å². The maximum Gasteiger partial charge on any atom is 0.416 e. The van der Waals surface area contributed by atoms with Crippen molar-refractivity contribution in [2.24, 2.45) is 5.73 Å². The van der Waals surface area contributed by atoms with Gasteiger partial charge in [0.15, 0.2) is 5.82 Å². The number of hydrogen-bond acceptors (Lipinski definition) is 6. The van der Waals surface area contributed by atoms with Crippen LogP contribution in [0, 0.1) is 0 Å². The molecule has 1 amide bonds. The summed E-state index contributed by atoms with van der Waals surface area (Å²) >= 11 is 0. The molecule has 1 atom stereocenters. The van der Waals surface area contributed by atoms with Gasteiger partial charge in [-0.25, -0.2) is 9.97 Å². The standard InChI is InChI=1S/C20H16F3N3O4/c21-20(22,23)12-3-7-14(8-4-12)30-13-5-1-11(2-6-13)19-25-15(17(28)10-27)9-16(26-19)18(24)29/h1-9,17,27-28H,10H2,(H2,24,29)/t17-/m1/s1. The lowest BCUT2D eigenvalue weighted by molar-refractivity contribution is -0.137. The number of carbonyl (C=O) groups excluding carboxylic acids is 1. The summed E-state index contributed by atoms with van der Waals surface area (Å²) < 4.78 is 43.4. The van der Waals surface area contributed by atoms with E-state index in [1.807, 2.05) is 0 Å². The number of alkyl halides is 3. The van der Waals surface area contributed by atoms with Crippen molar-refractivity contribution < 1.29 is 32.9 Å². The molecule has 10 heteroatoms. The van der Waals surface area contributed by atoms with Crippen LogP contribution in [0.25, 0.3) is 11.4 Å². The van der Waals surface area contributed by atoms with Crippen molar-refractivity contribution in [1.29, 1.82) is 0 Å². The Kier molecular flexibility index (Phi) is 5.99. The number of amides is 1. The number of nitrogens with two attached hydrogens (primary N) is 1. The van der Waals surface area contributed by atoms with Gasteiger partial charge in [0.2, 0.25) is 0 Å². The first kappa shape index (κ1) is 21.2. The summed E-state index contributed by atoms with van der Waals surface area (Å²) in [4.78, 5) is 19.7. The third kappa shape index (κ3) is 4.91. The quantitative estimate of drug-likeness (QED) is 0.565. The lowest BCUT2D eigenvalue weighted by Crippen LogP contribution is -2.16. The van der Waals surface area contributed by atoms with E-state index in [0.717, 1.165) is 12.1 Å². The molecule has 0 aliphatic heterocycles. The summed E-state index contributed by atoms with van der Waals surface area (Å²) in [6.07, 6.45) is -5.74. The molecule has 2 aromatic carbocycles. The second kappa shape index (κ2) is 8.47. The first-order chi connectivity index (χ1) is 14.2. The Labute approximate surface area is 168 Å². The Morgan fingerprint density at radius 3 is 2.10 bits per heavy atom. The lowest BCUT2D eigenvalue weighted by atomic mass is 10.1. The highest BCUT2D eigenvalue weighted by atomic mass is 19.4.